The van der Waals surface area contributed by atoms with E-state index in [-0.39, 0.29) is 0 Å². The van der Waals surface area contributed by atoms with Gasteiger partial charge in [0.2, 0.25) is 0 Å². The molecule has 0 aliphatic rings. The van der Waals surface area contributed by atoms with E-state index >= 15 is 0 Å². The van der Waals surface area contributed by atoms with Gasteiger partial charge in [0.25, 0.3) is 0 Å². The molecule has 1 atom stereocenters. The molecular weight excluding hydrogens is 206 g/mol. The van der Waals surface area contributed by atoms with E-state index in [2.05, 4.69) is 23.7 Å². The lowest BCUT2D eigenvalue weighted by Gasteiger charge is -2.16. The fraction of sp³-hybridized carbons (Fsp3) is 0.500. The molecule has 1 rings (SSSR count). The summed E-state index contributed by atoms with van der Waals surface area (Å²) in [5, 5.41) is 3.33. The van der Waals surface area contributed by atoms with Crippen LogP contribution in [0.2, 0.25) is 0 Å². The van der Waals surface area contributed by atoms with Crippen LogP contribution in [0.25, 0.3) is 0 Å². The van der Waals surface area contributed by atoms with Crippen molar-refractivity contribution >= 4 is 11.8 Å². The van der Waals surface area contributed by atoms with E-state index in [0.717, 1.165) is 17.9 Å². The minimum Gasteiger partial charge on any atom is -0.496 e. The Morgan fingerprint density at radius 2 is 2.13 bits per heavy atom. The van der Waals surface area contributed by atoms with Crippen LogP contribution in [-0.2, 0) is 6.42 Å². The van der Waals surface area contributed by atoms with Gasteiger partial charge in [-0.05, 0) is 31.4 Å². The first-order valence-corrected chi connectivity index (χ1v) is 6.49. The summed E-state index contributed by atoms with van der Waals surface area (Å²) >= 11 is 1.86. The second-order valence-corrected chi connectivity index (χ2v) is 4.37. The van der Waals surface area contributed by atoms with Crippen molar-refractivity contribution in [2.45, 2.75) is 12.5 Å². The van der Waals surface area contributed by atoms with Gasteiger partial charge in [-0.2, -0.15) is 11.8 Å². The van der Waals surface area contributed by atoms with Crippen molar-refractivity contribution in [3.63, 3.8) is 0 Å². The summed E-state index contributed by atoms with van der Waals surface area (Å²) < 4.78 is 5.33. The Morgan fingerprint density at radius 1 is 1.40 bits per heavy atom. The molecule has 15 heavy (non-hydrogen) atoms. The lowest BCUT2D eigenvalue weighted by Crippen LogP contribution is -2.30. The van der Waals surface area contributed by atoms with Crippen molar-refractivity contribution < 1.29 is 4.74 Å². The van der Waals surface area contributed by atoms with Crippen LogP contribution in [0, 0.1) is 0 Å². The van der Waals surface area contributed by atoms with Crippen molar-refractivity contribution in [3.8, 4) is 5.75 Å². The maximum atomic E-state index is 5.33. The standard InChI is InChI=1S/C12H19NOS/c1-13-11(9-15-3)8-10-6-4-5-7-12(10)14-2/h4-7,11,13H,8-9H2,1-3H3. The van der Waals surface area contributed by atoms with Gasteiger partial charge in [-0.15, -0.1) is 0 Å². The molecule has 1 unspecified atom stereocenters. The van der Waals surface area contributed by atoms with Crippen LogP contribution in [0.1, 0.15) is 5.56 Å². The van der Waals surface area contributed by atoms with Gasteiger partial charge in [0.15, 0.2) is 0 Å². The Balaban J connectivity index is 2.69. The highest BCUT2D eigenvalue weighted by molar-refractivity contribution is 7.98. The number of ether oxygens (including phenoxy) is 1. The summed E-state index contributed by atoms with van der Waals surface area (Å²) in [5.74, 6) is 2.10. The van der Waals surface area contributed by atoms with E-state index in [4.69, 9.17) is 4.74 Å². The number of likely N-dealkylation sites (N-methyl/N-ethyl adjacent to an activating group) is 1. The summed E-state index contributed by atoms with van der Waals surface area (Å²) in [5.41, 5.74) is 1.27. The van der Waals surface area contributed by atoms with Gasteiger partial charge >= 0.3 is 0 Å². The van der Waals surface area contributed by atoms with E-state index in [0.29, 0.717) is 6.04 Å². The van der Waals surface area contributed by atoms with Crippen LogP contribution in [0.15, 0.2) is 24.3 Å². The lowest BCUT2D eigenvalue weighted by atomic mass is 10.1. The lowest BCUT2D eigenvalue weighted by molar-refractivity contribution is 0.407. The number of hydrogen-bond donors (Lipinski definition) is 1. The molecule has 0 aliphatic heterocycles. The molecule has 0 saturated heterocycles. The molecule has 0 saturated carbocycles. The Kier molecular flexibility index (Phi) is 5.58. The van der Waals surface area contributed by atoms with Crippen LogP contribution in [-0.4, -0.2) is 32.2 Å². The quantitative estimate of drug-likeness (QED) is 0.802. The Hall–Kier alpha value is -0.670. The van der Waals surface area contributed by atoms with Gasteiger partial charge in [-0.1, -0.05) is 18.2 Å². The molecule has 0 amide bonds. The maximum absolute atomic E-state index is 5.33. The van der Waals surface area contributed by atoms with Crippen molar-refractivity contribution in [2.75, 3.05) is 26.2 Å². The number of rotatable bonds is 6. The topological polar surface area (TPSA) is 21.3 Å². The summed E-state index contributed by atoms with van der Waals surface area (Å²) in [7, 11) is 3.73. The first-order chi connectivity index (χ1) is 7.31. The fourth-order valence-electron chi connectivity index (χ4n) is 1.58. The number of benzene rings is 1. The van der Waals surface area contributed by atoms with Crippen LogP contribution >= 0.6 is 11.8 Å². The van der Waals surface area contributed by atoms with Crippen LogP contribution < -0.4 is 10.1 Å². The molecule has 1 aromatic carbocycles. The molecule has 1 aromatic rings. The zero-order valence-corrected chi connectivity index (χ0v) is 10.4. The average Bonchev–Trinajstić information content (AvgIpc) is 2.29. The van der Waals surface area contributed by atoms with E-state index in [1.165, 1.54) is 5.56 Å². The number of hydrogen-bond acceptors (Lipinski definition) is 3. The molecule has 1 N–H and O–H groups in total. The summed E-state index contributed by atoms with van der Waals surface area (Å²) in [6.45, 7) is 0. The normalized spacial score (nSPS) is 12.5. The monoisotopic (exact) mass is 225 g/mol. The SMILES string of the molecule is CNC(CSC)Cc1ccccc1OC. The van der Waals surface area contributed by atoms with Crippen molar-refractivity contribution in [1.82, 2.24) is 5.32 Å². The molecule has 3 heteroatoms. The molecule has 0 spiro atoms. The number of thioether (sulfide) groups is 1. The minimum atomic E-state index is 0.510. The van der Waals surface area contributed by atoms with Crippen molar-refractivity contribution in [2.24, 2.45) is 0 Å². The molecule has 0 heterocycles. The molecule has 0 aliphatic carbocycles. The molecule has 2 nitrogen and oxygen atoms in total. The third-order valence-corrected chi connectivity index (χ3v) is 3.17. The number of nitrogens with one attached hydrogen (secondary N) is 1. The largest absolute Gasteiger partial charge is 0.496 e. The molecule has 0 aromatic heterocycles. The molecular formula is C12H19NOS. The zero-order valence-electron chi connectivity index (χ0n) is 9.62. The summed E-state index contributed by atoms with van der Waals surface area (Å²) in [4.78, 5) is 0. The van der Waals surface area contributed by atoms with Gasteiger partial charge in [-0.25, -0.2) is 0 Å². The van der Waals surface area contributed by atoms with E-state index in [1.54, 1.807) is 7.11 Å². The Bertz CT molecular complexity index is 291. The van der Waals surface area contributed by atoms with Crippen LogP contribution in [0.3, 0.4) is 0 Å². The fourth-order valence-corrected chi connectivity index (χ4v) is 2.27. The molecule has 84 valence electrons. The van der Waals surface area contributed by atoms with Gasteiger partial charge in [0.1, 0.15) is 5.75 Å². The summed E-state index contributed by atoms with van der Waals surface area (Å²) in [6, 6.07) is 8.72. The highest BCUT2D eigenvalue weighted by Gasteiger charge is 2.09. The average molecular weight is 225 g/mol. The van der Waals surface area contributed by atoms with Crippen molar-refractivity contribution in [1.29, 1.82) is 0 Å². The summed E-state index contributed by atoms with van der Waals surface area (Å²) in [6.07, 6.45) is 3.15. The first-order valence-electron chi connectivity index (χ1n) is 5.10. The van der Waals surface area contributed by atoms with Crippen LogP contribution in [0.5, 0.6) is 5.75 Å². The zero-order chi connectivity index (χ0) is 11.1. The molecule has 0 bridgehead atoms. The maximum Gasteiger partial charge on any atom is 0.122 e. The Labute approximate surface area is 96.4 Å². The predicted molar refractivity (Wildman–Crippen MR) is 67.9 cm³/mol. The van der Waals surface area contributed by atoms with Gasteiger partial charge < -0.3 is 10.1 Å². The highest BCUT2D eigenvalue weighted by Crippen LogP contribution is 2.19. The Morgan fingerprint density at radius 3 is 2.73 bits per heavy atom. The minimum absolute atomic E-state index is 0.510. The second-order valence-electron chi connectivity index (χ2n) is 3.46. The van der Waals surface area contributed by atoms with Gasteiger partial charge in [-0.3, -0.25) is 0 Å². The second kappa shape index (κ2) is 6.75. The molecule has 0 fully saturated rings. The predicted octanol–water partition coefficient (Wildman–Crippen LogP) is 2.19. The smallest absolute Gasteiger partial charge is 0.122 e. The van der Waals surface area contributed by atoms with E-state index in [9.17, 15) is 0 Å². The first kappa shape index (κ1) is 12.4. The van der Waals surface area contributed by atoms with Crippen LogP contribution in [0.4, 0.5) is 0 Å². The van der Waals surface area contributed by atoms with Gasteiger partial charge in [0.05, 0.1) is 7.11 Å². The van der Waals surface area contributed by atoms with E-state index < -0.39 is 0 Å². The van der Waals surface area contributed by atoms with Crippen molar-refractivity contribution in [3.05, 3.63) is 29.8 Å². The third-order valence-electron chi connectivity index (χ3n) is 2.43. The highest BCUT2D eigenvalue weighted by atomic mass is 32.2. The molecule has 0 radical (unpaired) electrons. The number of para-hydroxylation sites is 1. The van der Waals surface area contributed by atoms with E-state index in [1.807, 2.05) is 30.9 Å². The number of methoxy groups -OCH3 is 1. The van der Waals surface area contributed by atoms with Gasteiger partial charge in [0, 0.05) is 11.8 Å². The third kappa shape index (κ3) is 3.76.